The van der Waals surface area contributed by atoms with E-state index in [4.69, 9.17) is 0 Å². The number of hydrogen-bond donors (Lipinski definition) is 1. The van der Waals surface area contributed by atoms with Crippen LogP contribution in [0.15, 0.2) is 48.9 Å². The van der Waals surface area contributed by atoms with E-state index in [9.17, 15) is 4.79 Å². The van der Waals surface area contributed by atoms with E-state index in [0.29, 0.717) is 12.4 Å². The molecule has 0 unspecified atom stereocenters. The summed E-state index contributed by atoms with van der Waals surface area (Å²) in [5, 5.41) is 11.7. The van der Waals surface area contributed by atoms with Gasteiger partial charge in [0.05, 0.1) is 18.3 Å². The first-order chi connectivity index (χ1) is 12.7. The third-order valence-corrected chi connectivity index (χ3v) is 4.64. The molecule has 0 radical (unpaired) electrons. The quantitative estimate of drug-likeness (QED) is 0.782. The fourth-order valence-electron chi connectivity index (χ4n) is 3.32. The minimum atomic E-state index is -0.102. The number of rotatable bonds is 4. The van der Waals surface area contributed by atoms with Gasteiger partial charge in [-0.15, -0.1) is 0 Å². The average Bonchev–Trinajstić information content (AvgIpc) is 3.39. The van der Waals surface area contributed by atoms with E-state index in [-0.39, 0.29) is 12.1 Å². The van der Waals surface area contributed by atoms with E-state index >= 15 is 0 Å². The van der Waals surface area contributed by atoms with Crippen LogP contribution in [0.25, 0.3) is 11.4 Å². The lowest BCUT2D eigenvalue weighted by Gasteiger charge is -2.24. The highest BCUT2D eigenvalue weighted by Gasteiger charge is 2.29. The summed E-state index contributed by atoms with van der Waals surface area (Å²) in [5.41, 5.74) is 1.51. The Morgan fingerprint density at radius 3 is 2.96 bits per heavy atom. The smallest absolute Gasteiger partial charge is 0.320 e. The molecule has 4 heterocycles. The van der Waals surface area contributed by atoms with Gasteiger partial charge in [0.2, 0.25) is 0 Å². The van der Waals surface area contributed by atoms with Gasteiger partial charge in [0.1, 0.15) is 11.5 Å². The first-order valence-electron chi connectivity index (χ1n) is 8.71. The van der Waals surface area contributed by atoms with Gasteiger partial charge < -0.3 is 4.90 Å². The molecule has 3 aromatic heterocycles. The Hall–Kier alpha value is -3.16. The molecule has 3 aromatic rings. The van der Waals surface area contributed by atoms with Crippen molar-refractivity contribution in [1.29, 1.82) is 0 Å². The molecule has 1 atom stereocenters. The maximum absolute atomic E-state index is 12.8. The lowest BCUT2D eigenvalue weighted by molar-refractivity contribution is 0.199. The van der Waals surface area contributed by atoms with Crippen molar-refractivity contribution >= 4 is 11.8 Å². The molecule has 26 heavy (non-hydrogen) atoms. The number of carbonyl (C=O) groups is 1. The second-order valence-electron chi connectivity index (χ2n) is 6.40. The summed E-state index contributed by atoms with van der Waals surface area (Å²) >= 11 is 0. The van der Waals surface area contributed by atoms with Gasteiger partial charge in [-0.3, -0.25) is 19.7 Å². The van der Waals surface area contributed by atoms with Gasteiger partial charge in [0, 0.05) is 38.2 Å². The maximum Gasteiger partial charge on any atom is 0.323 e. The predicted molar refractivity (Wildman–Crippen MR) is 97.4 cm³/mol. The number of anilines is 1. The molecule has 2 amide bonds. The number of aromatic nitrogens is 5. The number of carbonyl (C=O) groups excluding carboxylic acids is 1. The van der Waals surface area contributed by atoms with Gasteiger partial charge in [-0.1, -0.05) is 6.07 Å². The molecule has 1 N–H and O–H groups in total. The zero-order valence-corrected chi connectivity index (χ0v) is 14.6. The number of pyridine rings is 1. The van der Waals surface area contributed by atoms with Crippen molar-refractivity contribution in [2.24, 2.45) is 7.05 Å². The van der Waals surface area contributed by atoms with Gasteiger partial charge in [0.15, 0.2) is 0 Å². The monoisotopic (exact) mass is 351 g/mol. The van der Waals surface area contributed by atoms with Gasteiger partial charge in [-0.05, 0) is 31.0 Å². The third kappa shape index (κ3) is 3.30. The molecule has 8 nitrogen and oxygen atoms in total. The lowest BCUT2D eigenvalue weighted by atomic mass is 10.2. The van der Waals surface area contributed by atoms with Crippen LogP contribution in [0.1, 0.15) is 12.8 Å². The number of amides is 2. The van der Waals surface area contributed by atoms with Crippen LogP contribution < -0.4 is 5.32 Å². The minimum Gasteiger partial charge on any atom is -0.320 e. The van der Waals surface area contributed by atoms with E-state index in [1.807, 2.05) is 53.2 Å². The molecule has 0 aliphatic carbocycles. The van der Waals surface area contributed by atoms with Crippen molar-refractivity contribution < 1.29 is 4.79 Å². The second-order valence-corrected chi connectivity index (χ2v) is 6.40. The van der Waals surface area contributed by atoms with Crippen molar-refractivity contribution in [3.63, 3.8) is 0 Å². The van der Waals surface area contributed by atoms with Crippen LogP contribution in [0.3, 0.4) is 0 Å². The van der Waals surface area contributed by atoms with E-state index in [1.165, 1.54) is 0 Å². The Morgan fingerprint density at radius 2 is 2.19 bits per heavy atom. The molecule has 0 spiro atoms. The SMILES string of the molecule is Cn1nc(-c2ccccn2)cc1NC(=O)N1CCC[C@@H]1Cn1cccn1. The number of urea groups is 1. The van der Waals surface area contributed by atoms with Crippen LogP contribution in [0.5, 0.6) is 0 Å². The van der Waals surface area contributed by atoms with Crippen molar-refractivity contribution in [2.45, 2.75) is 25.4 Å². The summed E-state index contributed by atoms with van der Waals surface area (Å²) in [7, 11) is 1.81. The first-order valence-corrected chi connectivity index (χ1v) is 8.71. The molecule has 1 saturated heterocycles. The number of nitrogens with zero attached hydrogens (tertiary/aromatic N) is 6. The van der Waals surface area contributed by atoms with Gasteiger partial charge in [-0.2, -0.15) is 10.2 Å². The Balaban J connectivity index is 1.47. The molecule has 4 rings (SSSR count). The highest BCUT2D eigenvalue weighted by atomic mass is 16.2. The van der Waals surface area contributed by atoms with Crippen LogP contribution in [-0.2, 0) is 13.6 Å². The van der Waals surface area contributed by atoms with Crippen LogP contribution in [0.4, 0.5) is 10.6 Å². The maximum atomic E-state index is 12.8. The average molecular weight is 351 g/mol. The fourth-order valence-corrected chi connectivity index (χ4v) is 3.32. The van der Waals surface area contributed by atoms with Crippen molar-refractivity contribution in [1.82, 2.24) is 29.4 Å². The van der Waals surface area contributed by atoms with Crippen LogP contribution in [0, 0.1) is 0 Å². The van der Waals surface area contributed by atoms with Gasteiger partial charge in [-0.25, -0.2) is 4.79 Å². The fraction of sp³-hybridized carbons (Fsp3) is 0.333. The molecule has 134 valence electrons. The molecule has 8 heteroatoms. The lowest BCUT2D eigenvalue weighted by Crippen LogP contribution is -2.41. The number of likely N-dealkylation sites (tertiary alicyclic amines) is 1. The molecule has 0 saturated carbocycles. The molecule has 1 aliphatic heterocycles. The summed E-state index contributed by atoms with van der Waals surface area (Å²) in [5.74, 6) is 0.653. The Labute approximate surface area is 151 Å². The van der Waals surface area contributed by atoms with Crippen molar-refractivity contribution in [3.05, 3.63) is 48.9 Å². The molecule has 0 bridgehead atoms. The third-order valence-electron chi connectivity index (χ3n) is 4.64. The Bertz CT molecular complexity index is 872. The van der Waals surface area contributed by atoms with Crippen molar-refractivity contribution in [2.75, 3.05) is 11.9 Å². The van der Waals surface area contributed by atoms with Gasteiger partial charge >= 0.3 is 6.03 Å². The zero-order valence-electron chi connectivity index (χ0n) is 14.6. The van der Waals surface area contributed by atoms with E-state index in [0.717, 1.165) is 30.8 Å². The standard InChI is InChI=1S/C18H21N7O/c1-23-17(12-16(22-23)15-7-2-3-8-19-15)21-18(26)25-11-4-6-14(25)13-24-10-5-9-20-24/h2-3,5,7-10,12,14H,4,6,11,13H2,1H3,(H,21,26)/t14-/m1/s1. The summed E-state index contributed by atoms with van der Waals surface area (Å²) in [6.45, 7) is 1.47. The van der Waals surface area contributed by atoms with Crippen molar-refractivity contribution in [3.8, 4) is 11.4 Å². The summed E-state index contributed by atoms with van der Waals surface area (Å²) in [6.07, 6.45) is 7.40. The molecular formula is C18H21N7O. The summed E-state index contributed by atoms with van der Waals surface area (Å²) in [4.78, 5) is 19.0. The zero-order chi connectivity index (χ0) is 17.9. The highest BCUT2D eigenvalue weighted by molar-refractivity contribution is 5.89. The van der Waals surface area contributed by atoms with Crippen LogP contribution >= 0.6 is 0 Å². The molecule has 1 aliphatic rings. The Morgan fingerprint density at radius 1 is 1.27 bits per heavy atom. The van der Waals surface area contributed by atoms with Gasteiger partial charge in [0.25, 0.3) is 0 Å². The number of nitrogens with one attached hydrogen (secondary N) is 1. The van der Waals surface area contributed by atoms with E-state index in [1.54, 1.807) is 17.1 Å². The largest absolute Gasteiger partial charge is 0.323 e. The molecular weight excluding hydrogens is 330 g/mol. The highest BCUT2D eigenvalue weighted by Crippen LogP contribution is 2.22. The van der Waals surface area contributed by atoms with E-state index in [2.05, 4.69) is 20.5 Å². The minimum absolute atomic E-state index is 0.102. The number of hydrogen-bond acceptors (Lipinski definition) is 4. The Kier molecular flexibility index (Phi) is 4.39. The van der Waals surface area contributed by atoms with E-state index < -0.39 is 0 Å². The summed E-state index contributed by atoms with van der Waals surface area (Å²) in [6, 6.07) is 9.47. The molecule has 0 aromatic carbocycles. The topological polar surface area (TPSA) is 80.9 Å². The first kappa shape index (κ1) is 16.3. The van der Waals surface area contributed by atoms with Crippen LogP contribution in [0.2, 0.25) is 0 Å². The van der Waals surface area contributed by atoms with Crippen LogP contribution in [-0.4, -0.2) is 48.1 Å². The second kappa shape index (κ2) is 6.99. The normalized spacial score (nSPS) is 16.8. The number of aryl methyl sites for hydroxylation is 1. The predicted octanol–water partition coefficient (Wildman–Crippen LogP) is 2.38. The molecule has 1 fully saturated rings. The summed E-state index contributed by atoms with van der Waals surface area (Å²) < 4.78 is 3.54.